The zero-order valence-electron chi connectivity index (χ0n) is 12.8. The lowest BCUT2D eigenvalue weighted by Gasteiger charge is -2.20. The number of benzene rings is 2. The highest BCUT2D eigenvalue weighted by Gasteiger charge is 2.06. The van der Waals surface area contributed by atoms with Crippen LogP contribution >= 0.6 is 0 Å². The first-order chi connectivity index (χ1) is 10.7. The summed E-state index contributed by atoms with van der Waals surface area (Å²) in [6.45, 7) is 6.53. The van der Waals surface area contributed by atoms with Gasteiger partial charge in [0.25, 0.3) is 0 Å². The highest BCUT2D eigenvalue weighted by molar-refractivity contribution is 5.40. The largest absolute Gasteiger partial charge is 0.504 e. The SMILES string of the molecule is C=CCN(CCc1ccccc1)CCc1ccc(O)c(O)c1. The third kappa shape index (κ3) is 4.93. The molecule has 3 nitrogen and oxygen atoms in total. The Labute approximate surface area is 132 Å². The number of aromatic hydroxyl groups is 2. The van der Waals surface area contributed by atoms with Gasteiger partial charge in [0, 0.05) is 19.6 Å². The Morgan fingerprint density at radius 1 is 0.864 bits per heavy atom. The van der Waals surface area contributed by atoms with Crippen LogP contribution in [-0.4, -0.2) is 34.7 Å². The molecule has 0 atom stereocenters. The van der Waals surface area contributed by atoms with Gasteiger partial charge in [-0.15, -0.1) is 6.58 Å². The first-order valence-electron chi connectivity index (χ1n) is 7.57. The van der Waals surface area contributed by atoms with Crippen molar-refractivity contribution in [3.05, 3.63) is 72.3 Å². The maximum absolute atomic E-state index is 9.54. The molecule has 0 aromatic heterocycles. The molecule has 2 aromatic rings. The molecule has 116 valence electrons. The fraction of sp³-hybridized carbons (Fsp3) is 0.263. The lowest BCUT2D eigenvalue weighted by molar-refractivity contribution is 0.310. The van der Waals surface area contributed by atoms with E-state index in [0.29, 0.717) is 0 Å². The molecule has 0 aliphatic carbocycles. The summed E-state index contributed by atoms with van der Waals surface area (Å²) in [5.74, 6) is -0.132. The first kappa shape index (κ1) is 16.1. The molecule has 0 aliphatic rings. The Balaban J connectivity index is 1.88. The van der Waals surface area contributed by atoms with Crippen molar-refractivity contribution in [3.63, 3.8) is 0 Å². The summed E-state index contributed by atoms with van der Waals surface area (Å²) in [5, 5.41) is 18.9. The van der Waals surface area contributed by atoms with Gasteiger partial charge in [-0.1, -0.05) is 42.5 Å². The van der Waals surface area contributed by atoms with Crippen LogP contribution in [0.15, 0.2) is 61.2 Å². The molecule has 2 rings (SSSR count). The van der Waals surface area contributed by atoms with Gasteiger partial charge in [-0.25, -0.2) is 0 Å². The van der Waals surface area contributed by atoms with Gasteiger partial charge in [0.15, 0.2) is 11.5 Å². The number of nitrogens with zero attached hydrogens (tertiary/aromatic N) is 1. The molecule has 22 heavy (non-hydrogen) atoms. The Kier molecular flexibility index (Phi) is 6.04. The van der Waals surface area contributed by atoms with Crippen LogP contribution in [-0.2, 0) is 12.8 Å². The summed E-state index contributed by atoms with van der Waals surface area (Å²) in [5.41, 5.74) is 2.35. The Hall–Kier alpha value is -2.26. The molecule has 0 spiro atoms. The third-order valence-corrected chi connectivity index (χ3v) is 3.70. The Bertz CT molecular complexity index is 596. The van der Waals surface area contributed by atoms with E-state index in [2.05, 4.69) is 35.7 Å². The average Bonchev–Trinajstić information content (AvgIpc) is 2.54. The van der Waals surface area contributed by atoms with Crippen LogP contribution < -0.4 is 0 Å². The summed E-state index contributed by atoms with van der Waals surface area (Å²) < 4.78 is 0. The van der Waals surface area contributed by atoms with Crippen LogP contribution in [0, 0.1) is 0 Å². The Morgan fingerprint density at radius 3 is 2.18 bits per heavy atom. The van der Waals surface area contributed by atoms with Crippen LogP contribution in [0.2, 0.25) is 0 Å². The van der Waals surface area contributed by atoms with Gasteiger partial charge in [0.1, 0.15) is 0 Å². The highest BCUT2D eigenvalue weighted by Crippen LogP contribution is 2.25. The van der Waals surface area contributed by atoms with E-state index < -0.39 is 0 Å². The van der Waals surface area contributed by atoms with Crippen molar-refractivity contribution in [1.82, 2.24) is 4.90 Å². The van der Waals surface area contributed by atoms with E-state index in [1.807, 2.05) is 18.2 Å². The summed E-state index contributed by atoms with van der Waals surface area (Å²) in [4.78, 5) is 2.34. The first-order valence-corrected chi connectivity index (χ1v) is 7.57. The predicted molar refractivity (Wildman–Crippen MR) is 90.3 cm³/mol. The maximum atomic E-state index is 9.54. The third-order valence-electron chi connectivity index (χ3n) is 3.70. The van der Waals surface area contributed by atoms with Gasteiger partial charge >= 0.3 is 0 Å². The van der Waals surface area contributed by atoms with Gasteiger partial charge in [-0.2, -0.15) is 0 Å². The highest BCUT2D eigenvalue weighted by atomic mass is 16.3. The van der Waals surface area contributed by atoms with Crippen molar-refractivity contribution in [2.45, 2.75) is 12.8 Å². The summed E-state index contributed by atoms with van der Waals surface area (Å²) in [6.07, 6.45) is 3.76. The minimum Gasteiger partial charge on any atom is -0.504 e. The van der Waals surface area contributed by atoms with Crippen LogP contribution in [0.3, 0.4) is 0 Å². The van der Waals surface area contributed by atoms with Gasteiger partial charge in [0.05, 0.1) is 0 Å². The van der Waals surface area contributed by atoms with E-state index in [-0.39, 0.29) is 11.5 Å². The van der Waals surface area contributed by atoms with Crippen molar-refractivity contribution < 1.29 is 10.2 Å². The monoisotopic (exact) mass is 297 g/mol. The van der Waals surface area contributed by atoms with E-state index in [4.69, 9.17) is 0 Å². The number of phenolic OH excluding ortho intramolecular Hbond substituents is 2. The number of rotatable bonds is 8. The molecule has 0 aliphatic heterocycles. The van der Waals surface area contributed by atoms with Gasteiger partial charge in [-0.05, 0) is 36.1 Å². The topological polar surface area (TPSA) is 43.7 Å². The van der Waals surface area contributed by atoms with E-state index in [9.17, 15) is 10.2 Å². The summed E-state index contributed by atoms with van der Waals surface area (Å²) in [7, 11) is 0. The van der Waals surface area contributed by atoms with Crippen LogP contribution in [0.1, 0.15) is 11.1 Å². The minimum atomic E-state index is -0.0734. The second-order valence-electron chi connectivity index (χ2n) is 5.40. The van der Waals surface area contributed by atoms with Crippen molar-refractivity contribution in [1.29, 1.82) is 0 Å². The molecule has 0 unspecified atom stereocenters. The summed E-state index contributed by atoms with van der Waals surface area (Å²) >= 11 is 0. The molecule has 0 radical (unpaired) electrons. The standard InChI is InChI=1S/C19H23NO2/c1-2-12-20(13-10-16-6-4-3-5-7-16)14-11-17-8-9-18(21)19(22)15-17/h2-9,15,21-22H,1,10-14H2. The van der Waals surface area contributed by atoms with Crippen molar-refractivity contribution in [3.8, 4) is 11.5 Å². The van der Waals surface area contributed by atoms with E-state index in [1.54, 1.807) is 6.07 Å². The Morgan fingerprint density at radius 2 is 1.55 bits per heavy atom. The van der Waals surface area contributed by atoms with Crippen LogP contribution in [0.4, 0.5) is 0 Å². The smallest absolute Gasteiger partial charge is 0.157 e. The normalized spacial score (nSPS) is 10.8. The minimum absolute atomic E-state index is 0.0583. The zero-order valence-corrected chi connectivity index (χ0v) is 12.8. The molecule has 0 saturated carbocycles. The molecular weight excluding hydrogens is 274 g/mol. The lowest BCUT2D eigenvalue weighted by atomic mass is 10.1. The predicted octanol–water partition coefficient (Wildman–Crippen LogP) is 3.37. The van der Waals surface area contributed by atoms with Crippen LogP contribution in [0.5, 0.6) is 11.5 Å². The van der Waals surface area contributed by atoms with E-state index in [0.717, 1.165) is 38.0 Å². The number of hydrogen-bond donors (Lipinski definition) is 2. The molecule has 0 heterocycles. The second kappa shape index (κ2) is 8.25. The number of hydrogen-bond acceptors (Lipinski definition) is 3. The fourth-order valence-electron chi connectivity index (χ4n) is 2.42. The molecule has 2 aromatic carbocycles. The molecule has 0 amide bonds. The molecule has 0 bridgehead atoms. The molecular formula is C19H23NO2. The molecule has 3 heteroatoms. The number of phenols is 2. The fourth-order valence-corrected chi connectivity index (χ4v) is 2.42. The second-order valence-corrected chi connectivity index (χ2v) is 5.40. The quantitative estimate of drug-likeness (QED) is 0.580. The van der Waals surface area contributed by atoms with Gasteiger partial charge < -0.3 is 10.2 Å². The average molecular weight is 297 g/mol. The zero-order chi connectivity index (χ0) is 15.8. The summed E-state index contributed by atoms with van der Waals surface area (Å²) in [6, 6.07) is 15.4. The molecule has 0 saturated heterocycles. The van der Waals surface area contributed by atoms with Crippen molar-refractivity contribution in [2.75, 3.05) is 19.6 Å². The lowest BCUT2D eigenvalue weighted by Crippen LogP contribution is -2.28. The van der Waals surface area contributed by atoms with E-state index >= 15 is 0 Å². The molecule has 0 fully saturated rings. The molecule has 2 N–H and O–H groups in total. The van der Waals surface area contributed by atoms with Gasteiger partial charge in [0.2, 0.25) is 0 Å². The van der Waals surface area contributed by atoms with Gasteiger partial charge in [-0.3, -0.25) is 4.90 Å². The van der Waals surface area contributed by atoms with Crippen molar-refractivity contribution >= 4 is 0 Å². The van der Waals surface area contributed by atoms with Crippen LogP contribution in [0.25, 0.3) is 0 Å². The maximum Gasteiger partial charge on any atom is 0.157 e. The van der Waals surface area contributed by atoms with E-state index in [1.165, 1.54) is 11.6 Å². The van der Waals surface area contributed by atoms with Crippen molar-refractivity contribution in [2.24, 2.45) is 0 Å².